The fourth-order valence-electron chi connectivity index (χ4n) is 9.71. The van der Waals surface area contributed by atoms with Crippen LogP contribution in [0.3, 0.4) is 0 Å². The van der Waals surface area contributed by atoms with E-state index in [1.165, 1.54) is 26.0 Å². The zero-order valence-corrected chi connectivity index (χ0v) is 35.3. The summed E-state index contributed by atoms with van der Waals surface area (Å²) in [5.74, 6) is 0.441. The minimum absolute atomic E-state index is 0.0192. The summed E-state index contributed by atoms with van der Waals surface area (Å²) < 4.78 is 14.3. The third-order valence-electron chi connectivity index (χ3n) is 12.6. The molecule has 0 aliphatic carbocycles. The monoisotopic (exact) mass is 817 g/mol. The highest BCUT2D eigenvalue weighted by molar-refractivity contribution is 5.88. The highest BCUT2D eigenvalue weighted by atomic mass is 19.1. The topological polar surface area (TPSA) is 159 Å². The summed E-state index contributed by atoms with van der Waals surface area (Å²) >= 11 is 0. The van der Waals surface area contributed by atoms with Crippen molar-refractivity contribution in [1.29, 1.82) is 0 Å². The minimum Gasteiger partial charge on any atom is -0.357 e. The molecule has 5 aromatic rings. The number of aromatic nitrogens is 4. The molecule has 14 heteroatoms. The van der Waals surface area contributed by atoms with Crippen LogP contribution in [0.4, 0.5) is 10.1 Å². The van der Waals surface area contributed by atoms with Gasteiger partial charge in [-0.15, -0.1) is 0 Å². The maximum Gasteiger partial charge on any atom is 0.246 e. The van der Waals surface area contributed by atoms with Crippen LogP contribution >= 0.6 is 0 Å². The smallest absolute Gasteiger partial charge is 0.246 e. The predicted octanol–water partition coefficient (Wildman–Crippen LogP) is 7.31. The maximum atomic E-state index is 14.3. The number of nitrogens with zero attached hydrogens (tertiary/aromatic N) is 5. The number of H-pyrrole nitrogens is 2. The Labute approximate surface area is 349 Å². The summed E-state index contributed by atoms with van der Waals surface area (Å²) in [4.78, 5) is 74.6. The van der Waals surface area contributed by atoms with Gasteiger partial charge < -0.3 is 35.3 Å². The number of amides is 4. The molecule has 3 aromatic carbocycles. The van der Waals surface area contributed by atoms with Gasteiger partial charge in [0.1, 0.15) is 29.5 Å². The molecule has 6 atom stereocenters. The molecule has 3 aliphatic heterocycles. The molecule has 0 radical (unpaired) electrons. The molecular weight excluding hydrogens is 762 g/mol. The highest BCUT2D eigenvalue weighted by Gasteiger charge is 2.40. The summed E-state index contributed by atoms with van der Waals surface area (Å²) in [6.07, 6.45) is 4.97. The number of carbonyl (C=O) groups is 4. The molecule has 4 amide bonds. The van der Waals surface area contributed by atoms with Gasteiger partial charge in [-0.05, 0) is 110 Å². The Hall–Kier alpha value is -5.79. The fraction of sp³-hybridized carbons (Fsp3) is 0.478. The molecule has 4 N–H and O–H groups in total. The lowest BCUT2D eigenvalue weighted by molar-refractivity contribution is -0.138. The van der Waals surface area contributed by atoms with Gasteiger partial charge in [-0.3, -0.25) is 19.2 Å². The van der Waals surface area contributed by atoms with E-state index in [9.17, 15) is 23.6 Å². The van der Waals surface area contributed by atoms with Crippen LogP contribution in [0, 0.1) is 17.7 Å². The maximum absolute atomic E-state index is 14.3. The van der Waals surface area contributed by atoms with Crippen molar-refractivity contribution in [3.63, 3.8) is 0 Å². The standard InChI is InChI=1S/C46H56FN9O4/c1-25(2)41(48-27(5)57)45(59)54-21-7-9-39(54)43-50-33-17-11-29(23-35(33)52-43)37-19-20-38(56(37)32-15-13-31(47)14-16-32)30-12-18-34-36(24-30)53-44(51-34)40-10-8-22-55(40)46(60)42(26(3)4)49-28(6)58/h11-18,23-26,37-42H,7-10,19-22H2,1-6H3,(H,48,57)(H,49,58)(H,50,52)(H,51,53)/t37-,38-,39+,40+,41+,42+/m1/s1. The van der Waals surface area contributed by atoms with Gasteiger partial charge in [0.05, 0.1) is 46.2 Å². The van der Waals surface area contributed by atoms with Crippen molar-refractivity contribution in [2.24, 2.45) is 11.8 Å². The number of hydrogen-bond acceptors (Lipinski definition) is 7. The molecule has 2 aromatic heterocycles. The van der Waals surface area contributed by atoms with Gasteiger partial charge in [-0.1, -0.05) is 39.8 Å². The van der Waals surface area contributed by atoms with Gasteiger partial charge in [0.25, 0.3) is 0 Å². The molecular formula is C46H56FN9O4. The quantitative estimate of drug-likeness (QED) is 0.109. The van der Waals surface area contributed by atoms with E-state index in [2.05, 4.69) is 49.8 Å². The minimum atomic E-state index is -0.601. The van der Waals surface area contributed by atoms with Crippen LogP contribution in [0.15, 0.2) is 60.7 Å². The molecule has 3 saturated heterocycles. The second-order valence-corrected chi connectivity index (χ2v) is 17.5. The number of aromatic amines is 2. The van der Waals surface area contributed by atoms with Crippen LogP contribution in [0.1, 0.15) is 127 Å². The van der Waals surface area contributed by atoms with Crippen LogP contribution in [-0.2, 0) is 19.2 Å². The van der Waals surface area contributed by atoms with Crippen LogP contribution in [0.2, 0.25) is 0 Å². The number of imidazole rings is 2. The second kappa shape index (κ2) is 16.7. The number of carbonyl (C=O) groups excluding carboxylic acids is 4. The van der Waals surface area contributed by atoms with E-state index in [0.717, 1.165) is 89.1 Å². The Balaban J connectivity index is 1.07. The average molecular weight is 818 g/mol. The Morgan fingerprint density at radius 2 is 1.07 bits per heavy atom. The molecule has 0 unspecified atom stereocenters. The molecule has 0 spiro atoms. The van der Waals surface area contributed by atoms with Gasteiger partial charge >= 0.3 is 0 Å². The number of hydrogen-bond donors (Lipinski definition) is 4. The molecule has 3 aliphatic rings. The van der Waals surface area contributed by atoms with Crippen molar-refractivity contribution < 1.29 is 23.6 Å². The van der Waals surface area contributed by atoms with E-state index < -0.39 is 12.1 Å². The van der Waals surface area contributed by atoms with Gasteiger partial charge in [0.2, 0.25) is 23.6 Å². The molecule has 8 rings (SSSR count). The van der Waals surface area contributed by atoms with Crippen molar-refractivity contribution in [1.82, 2.24) is 40.4 Å². The third-order valence-corrected chi connectivity index (χ3v) is 12.6. The van der Waals surface area contributed by atoms with Crippen LogP contribution in [0.25, 0.3) is 22.1 Å². The first kappa shape index (κ1) is 41.0. The molecule has 5 heterocycles. The number of halogens is 1. The fourth-order valence-corrected chi connectivity index (χ4v) is 9.71. The number of fused-ring (bicyclic) bond motifs is 2. The zero-order valence-electron chi connectivity index (χ0n) is 35.3. The molecule has 0 saturated carbocycles. The predicted molar refractivity (Wildman–Crippen MR) is 228 cm³/mol. The number of anilines is 1. The largest absolute Gasteiger partial charge is 0.357 e. The van der Waals surface area contributed by atoms with Crippen molar-refractivity contribution in [2.45, 2.75) is 116 Å². The summed E-state index contributed by atoms with van der Waals surface area (Å²) in [5, 5.41) is 5.70. The third kappa shape index (κ3) is 7.95. The van der Waals surface area contributed by atoms with Crippen LogP contribution in [0.5, 0.6) is 0 Å². The lowest BCUT2D eigenvalue weighted by atomic mass is 10.0. The normalized spacial score (nSPS) is 21.7. The lowest BCUT2D eigenvalue weighted by Crippen LogP contribution is -2.50. The van der Waals surface area contributed by atoms with Gasteiger partial charge in [0.15, 0.2) is 0 Å². The van der Waals surface area contributed by atoms with E-state index in [1.807, 2.05) is 61.8 Å². The van der Waals surface area contributed by atoms with E-state index in [1.54, 1.807) is 0 Å². The Morgan fingerprint density at radius 1 is 0.633 bits per heavy atom. The van der Waals surface area contributed by atoms with Gasteiger partial charge in [-0.25, -0.2) is 14.4 Å². The molecule has 13 nitrogen and oxygen atoms in total. The SMILES string of the molecule is CC(=O)N[C@H](C(=O)N1CCC[C@H]1c1nc2ccc([C@H]3CC[C@H](c4ccc5nc([C@@H]6CCCN6C(=O)[C@@H](NC(C)=O)C(C)C)[nH]c5c4)N3c3ccc(F)cc3)cc2[nH]1)C(C)C. The van der Waals surface area contributed by atoms with Crippen molar-refractivity contribution in [2.75, 3.05) is 18.0 Å². The number of nitrogens with one attached hydrogen (secondary N) is 4. The van der Waals surface area contributed by atoms with E-state index in [4.69, 9.17) is 9.97 Å². The molecule has 0 bridgehead atoms. The van der Waals surface area contributed by atoms with Gasteiger partial charge in [0, 0.05) is 32.6 Å². The first-order valence-electron chi connectivity index (χ1n) is 21.5. The molecule has 3 fully saturated rings. The van der Waals surface area contributed by atoms with Crippen molar-refractivity contribution in [3.8, 4) is 0 Å². The summed E-state index contributed by atoms with van der Waals surface area (Å²) in [6.45, 7) is 11.9. The summed E-state index contributed by atoms with van der Waals surface area (Å²) in [5.41, 5.74) is 6.52. The van der Waals surface area contributed by atoms with E-state index in [-0.39, 0.29) is 65.4 Å². The van der Waals surface area contributed by atoms with Crippen LogP contribution in [-0.4, -0.2) is 78.5 Å². The zero-order chi connectivity index (χ0) is 42.4. The Bertz CT molecular complexity index is 2260. The summed E-state index contributed by atoms with van der Waals surface area (Å²) in [7, 11) is 0. The van der Waals surface area contributed by atoms with Crippen molar-refractivity contribution >= 4 is 51.4 Å². The number of benzene rings is 3. The number of likely N-dealkylation sites (tertiary alicyclic amines) is 2. The van der Waals surface area contributed by atoms with Crippen LogP contribution < -0.4 is 15.5 Å². The van der Waals surface area contributed by atoms with Gasteiger partial charge in [-0.2, -0.15) is 0 Å². The molecule has 60 heavy (non-hydrogen) atoms. The average Bonchev–Trinajstić information content (AvgIpc) is 4.06. The first-order valence-corrected chi connectivity index (χ1v) is 21.5. The summed E-state index contributed by atoms with van der Waals surface area (Å²) in [6, 6.07) is 17.6. The molecule has 316 valence electrons. The highest BCUT2D eigenvalue weighted by Crippen LogP contribution is 2.48. The second-order valence-electron chi connectivity index (χ2n) is 17.5. The first-order chi connectivity index (χ1) is 28.8. The lowest BCUT2D eigenvalue weighted by Gasteiger charge is -2.33. The number of rotatable bonds is 11. The Kier molecular flexibility index (Phi) is 11.4. The van der Waals surface area contributed by atoms with E-state index >= 15 is 0 Å². The van der Waals surface area contributed by atoms with E-state index in [0.29, 0.717) is 13.1 Å². The Morgan fingerprint density at radius 3 is 1.47 bits per heavy atom. The van der Waals surface area contributed by atoms with Crippen molar-refractivity contribution in [3.05, 3.63) is 89.3 Å².